The van der Waals surface area contributed by atoms with Gasteiger partial charge in [-0.1, -0.05) is 0 Å². The maximum absolute atomic E-state index is 12.2. The van der Waals surface area contributed by atoms with Gasteiger partial charge in [0.25, 0.3) is 0 Å². The summed E-state index contributed by atoms with van der Waals surface area (Å²) in [4.78, 5) is 16.4. The molecule has 2 N–H and O–H groups in total. The van der Waals surface area contributed by atoms with Crippen LogP contribution in [0.3, 0.4) is 0 Å². The van der Waals surface area contributed by atoms with E-state index in [-0.39, 0.29) is 11.9 Å². The Hall–Kier alpha value is -0.260. The number of likely N-dealkylation sites (N-methyl/N-ethyl adjacent to an activating group) is 1. The summed E-state index contributed by atoms with van der Waals surface area (Å²) < 4.78 is 0. The van der Waals surface area contributed by atoms with Crippen LogP contribution in [0.4, 0.5) is 0 Å². The average molecular weight is 273 g/mol. The smallest absolute Gasteiger partial charge is 0.239 e. The molecule has 0 aliphatic carbocycles. The Balaban J connectivity index is 2.48. The van der Waals surface area contributed by atoms with E-state index >= 15 is 0 Å². The zero-order valence-corrected chi connectivity index (χ0v) is 12.9. The summed E-state index contributed by atoms with van der Waals surface area (Å²) in [6.07, 6.45) is 4.92. The number of amides is 1. The molecule has 1 saturated heterocycles. The molecular formula is C13H27N3OS. The van der Waals surface area contributed by atoms with Crippen molar-refractivity contribution in [2.75, 3.05) is 32.6 Å². The van der Waals surface area contributed by atoms with Crippen molar-refractivity contribution in [3.05, 3.63) is 0 Å². The molecule has 0 bridgehead atoms. The van der Waals surface area contributed by atoms with Gasteiger partial charge < -0.3 is 15.5 Å². The minimum absolute atomic E-state index is 0.103. The molecule has 1 amide bonds. The fourth-order valence-electron chi connectivity index (χ4n) is 2.43. The molecule has 1 aliphatic heterocycles. The monoisotopic (exact) mass is 273 g/mol. The number of thioether (sulfide) groups is 1. The van der Waals surface area contributed by atoms with Gasteiger partial charge in [-0.3, -0.25) is 4.79 Å². The third kappa shape index (κ3) is 4.14. The van der Waals surface area contributed by atoms with Gasteiger partial charge in [-0.2, -0.15) is 11.8 Å². The van der Waals surface area contributed by atoms with Crippen LogP contribution in [0.1, 0.15) is 26.2 Å². The van der Waals surface area contributed by atoms with Gasteiger partial charge in [0.1, 0.15) is 0 Å². The summed E-state index contributed by atoms with van der Waals surface area (Å²) in [5.41, 5.74) is 5.96. The number of carbonyl (C=O) groups excluding carboxylic acids is 1. The van der Waals surface area contributed by atoms with Crippen molar-refractivity contribution in [3.63, 3.8) is 0 Å². The van der Waals surface area contributed by atoms with Gasteiger partial charge in [-0.15, -0.1) is 0 Å². The standard InChI is InChI=1S/C13H27N3OS/c1-10-9-11(5-7-15(10)2)16(3)13(17)12(14)6-8-18-4/h10-12H,5-9,14H2,1-4H3/t10-,11+,12+/m1/s1. The third-order valence-electron chi connectivity index (χ3n) is 4.03. The van der Waals surface area contributed by atoms with Gasteiger partial charge in [-0.25, -0.2) is 0 Å². The van der Waals surface area contributed by atoms with Crippen LogP contribution >= 0.6 is 11.8 Å². The van der Waals surface area contributed by atoms with E-state index in [2.05, 4.69) is 18.9 Å². The number of carbonyl (C=O) groups is 1. The first-order valence-corrected chi connectivity index (χ1v) is 8.08. The normalized spacial score (nSPS) is 26.9. The van der Waals surface area contributed by atoms with Gasteiger partial charge in [0, 0.05) is 25.7 Å². The van der Waals surface area contributed by atoms with Crippen molar-refractivity contribution in [2.45, 2.75) is 44.3 Å². The fraction of sp³-hybridized carbons (Fsp3) is 0.923. The van der Waals surface area contributed by atoms with Crippen molar-refractivity contribution in [1.29, 1.82) is 0 Å². The van der Waals surface area contributed by atoms with E-state index in [1.54, 1.807) is 11.8 Å². The Kier molecular flexibility index (Phi) is 6.46. The van der Waals surface area contributed by atoms with Crippen LogP contribution in [0.5, 0.6) is 0 Å². The molecule has 5 heteroatoms. The lowest BCUT2D eigenvalue weighted by atomic mass is 9.97. The lowest BCUT2D eigenvalue weighted by molar-refractivity contribution is -0.134. The summed E-state index contributed by atoms with van der Waals surface area (Å²) in [6, 6.07) is 0.558. The van der Waals surface area contributed by atoms with Crippen molar-refractivity contribution >= 4 is 17.7 Å². The van der Waals surface area contributed by atoms with Gasteiger partial charge in [0.2, 0.25) is 5.91 Å². The molecule has 1 rings (SSSR count). The van der Waals surface area contributed by atoms with Crippen molar-refractivity contribution < 1.29 is 4.79 Å². The van der Waals surface area contributed by atoms with Crippen LogP contribution in [0.15, 0.2) is 0 Å². The minimum atomic E-state index is -0.336. The first kappa shape index (κ1) is 15.8. The summed E-state index contributed by atoms with van der Waals surface area (Å²) in [7, 11) is 4.05. The van der Waals surface area contributed by atoms with Crippen molar-refractivity contribution in [3.8, 4) is 0 Å². The van der Waals surface area contributed by atoms with Gasteiger partial charge in [0.05, 0.1) is 6.04 Å². The molecule has 0 saturated carbocycles. The number of nitrogens with two attached hydrogens (primary N) is 1. The molecule has 1 aliphatic rings. The Bertz CT molecular complexity index is 275. The zero-order chi connectivity index (χ0) is 13.7. The first-order valence-electron chi connectivity index (χ1n) is 6.68. The third-order valence-corrected chi connectivity index (χ3v) is 4.67. The molecule has 0 aromatic carbocycles. The number of hydrogen-bond donors (Lipinski definition) is 1. The zero-order valence-electron chi connectivity index (χ0n) is 12.1. The maximum Gasteiger partial charge on any atom is 0.239 e. The summed E-state index contributed by atoms with van der Waals surface area (Å²) in [6.45, 7) is 3.28. The van der Waals surface area contributed by atoms with Gasteiger partial charge >= 0.3 is 0 Å². The molecule has 18 heavy (non-hydrogen) atoms. The van der Waals surface area contributed by atoms with E-state index in [9.17, 15) is 4.79 Å². The lowest BCUT2D eigenvalue weighted by Gasteiger charge is -2.40. The molecular weight excluding hydrogens is 246 g/mol. The van der Waals surface area contributed by atoms with E-state index in [1.165, 1.54) is 0 Å². The summed E-state index contributed by atoms with van der Waals surface area (Å²) >= 11 is 1.74. The molecule has 0 aromatic heterocycles. The van der Waals surface area contributed by atoms with Crippen LogP contribution < -0.4 is 5.73 Å². The predicted octanol–water partition coefficient (Wildman–Crippen LogP) is 1.01. The molecule has 106 valence electrons. The Morgan fingerprint density at radius 2 is 2.28 bits per heavy atom. The number of piperidine rings is 1. The van der Waals surface area contributed by atoms with E-state index in [1.807, 2.05) is 18.2 Å². The second-order valence-electron chi connectivity index (χ2n) is 5.34. The van der Waals surface area contributed by atoms with E-state index in [4.69, 9.17) is 5.73 Å². The Morgan fingerprint density at radius 3 is 2.83 bits per heavy atom. The molecule has 0 unspecified atom stereocenters. The first-order chi connectivity index (χ1) is 8.47. The molecule has 0 aromatic rings. The minimum Gasteiger partial charge on any atom is -0.341 e. The van der Waals surface area contributed by atoms with E-state index in [0.29, 0.717) is 12.1 Å². The topological polar surface area (TPSA) is 49.6 Å². The van der Waals surface area contributed by atoms with Crippen LogP contribution in [-0.2, 0) is 4.79 Å². The molecule has 1 fully saturated rings. The number of likely N-dealkylation sites (tertiary alicyclic amines) is 1. The second kappa shape index (κ2) is 7.36. The van der Waals surface area contributed by atoms with Crippen LogP contribution in [0.25, 0.3) is 0 Å². The number of rotatable bonds is 5. The van der Waals surface area contributed by atoms with Gasteiger partial charge in [-0.05, 0) is 45.2 Å². The SMILES string of the molecule is CSCC[C@H](N)C(=O)N(C)[C@H]1CCN(C)[C@H](C)C1. The van der Waals surface area contributed by atoms with Crippen molar-refractivity contribution in [2.24, 2.45) is 5.73 Å². The molecule has 0 spiro atoms. The predicted molar refractivity (Wildman–Crippen MR) is 78.9 cm³/mol. The average Bonchev–Trinajstić information content (AvgIpc) is 2.37. The molecule has 3 atom stereocenters. The number of nitrogens with zero attached hydrogens (tertiary/aromatic N) is 2. The number of hydrogen-bond acceptors (Lipinski definition) is 4. The van der Waals surface area contributed by atoms with E-state index < -0.39 is 0 Å². The van der Waals surface area contributed by atoms with Crippen LogP contribution in [0.2, 0.25) is 0 Å². The Morgan fingerprint density at radius 1 is 1.61 bits per heavy atom. The fourth-order valence-corrected chi connectivity index (χ4v) is 2.92. The summed E-state index contributed by atoms with van der Waals surface area (Å²) in [5.74, 6) is 1.05. The summed E-state index contributed by atoms with van der Waals surface area (Å²) in [5, 5.41) is 0. The highest BCUT2D eigenvalue weighted by Crippen LogP contribution is 2.20. The van der Waals surface area contributed by atoms with E-state index in [0.717, 1.165) is 31.6 Å². The second-order valence-corrected chi connectivity index (χ2v) is 6.33. The van der Waals surface area contributed by atoms with Crippen LogP contribution in [-0.4, -0.2) is 66.5 Å². The largest absolute Gasteiger partial charge is 0.341 e. The molecule has 1 heterocycles. The highest BCUT2D eigenvalue weighted by Gasteiger charge is 2.29. The van der Waals surface area contributed by atoms with Gasteiger partial charge in [0.15, 0.2) is 0 Å². The Labute approximate surface area is 115 Å². The highest BCUT2D eigenvalue weighted by atomic mass is 32.2. The maximum atomic E-state index is 12.2. The van der Waals surface area contributed by atoms with Crippen molar-refractivity contribution in [1.82, 2.24) is 9.80 Å². The molecule has 4 nitrogen and oxygen atoms in total. The molecule has 0 radical (unpaired) electrons. The highest BCUT2D eigenvalue weighted by molar-refractivity contribution is 7.98. The van der Waals surface area contributed by atoms with Crippen LogP contribution in [0, 0.1) is 0 Å². The lowest BCUT2D eigenvalue weighted by Crippen LogP contribution is -2.52. The quantitative estimate of drug-likeness (QED) is 0.812.